The highest BCUT2D eigenvalue weighted by Gasteiger charge is 2.52. The lowest BCUT2D eigenvalue weighted by atomic mass is 9.87. The predicted molar refractivity (Wildman–Crippen MR) is 114 cm³/mol. The van der Waals surface area contributed by atoms with E-state index in [1.165, 1.54) is 4.90 Å². The number of nitrogens with one attached hydrogen (secondary N) is 1. The van der Waals surface area contributed by atoms with Gasteiger partial charge in [-0.25, -0.2) is 0 Å². The van der Waals surface area contributed by atoms with Crippen LogP contribution < -0.4 is 4.90 Å². The Bertz CT molecular complexity index is 1090. The van der Waals surface area contributed by atoms with Gasteiger partial charge >= 0.3 is 5.97 Å². The van der Waals surface area contributed by atoms with Gasteiger partial charge in [0.05, 0.1) is 12.3 Å². The van der Waals surface area contributed by atoms with Gasteiger partial charge in [0, 0.05) is 32.7 Å². The first kappa shape index (κ1) is 19.7. The quantitative estimate of drug-likeness (QED) is 0.435. The number of hydrogen-bond acceptors (Lipinski definition) is 4. The molecule has 0 radical (unpaired) electrons. The van der Waals surface area contributed by atoms with Crippen molar-refractivity contribution >= 4 is 44.4 Å². The third kappa shape index (κ3) is 3.24. The van der Waals surface area contributed by atoms with Crippen LogP contribution in [-0.4, -0.2) is 35.1 Å². The minimum Gasteiger partial charge on any atom is -0.464 e. The lowest BCUT2D eigenvalue weighted by Crippen LogP contribution is -2.43. The number of carbonyl (C=O) groups is 2. The Labute approximate surface area is 176 Å². The molecule has 1 amide bonds. The second kappa shape index (κ2) is 7.65. The van der Waals surface area contributed by atoms with Gasteiger partial charge in [-0.2, -0.15) is 0 Å². The number of nitrogens with zero attached hydrogens (tertiary/aromatic N) is 1. The molecule has 6 nitrogen and oxygen atoms in total. The molecule has 3 aromatic rings. The predicted octanol–water partition coefficient (Wildman–Crippen LogP) is 3.86. The molecule has 1 aromatic heterocycles. The number of halogens is 1. The summed E-state index contributed by atoms with van der Waals surface area (Å²) in [6.07, 6.45) is 3.33. The summed E-state index contributed by atoms with van der Waals surface area (Å²) >= 11 is 3.42. The van der Waals surface area contributed by atoms with E-state index >= 15 is 0 Å². The topological polar surface area (TPSA) is 82.6 Å². The second-order valence-electron chi connectivity index (χ2n) is 7.09. The first-order valence-electron chi connectivity index (χ1n) is 9.53. The maximum atomic E-state index is 13.4. The molecule has 29 heavy (non-hydrogen) atoms. The van der Waals surface area contributed by atoms with Gasteiger partial charge in [0.25, 0.3) is 5.91 Å². The zero-order valence-electron chi connectivity index (χ0n) is 15.9. The summed E-state index contributed by atoms with van der Waals surface area (Å²) in [5.41, 5.74) is 0.306. The fraction of sp³-hybridized carbons (Fsp3) is 0.273. The van der Waals surface area contributed by atoms with Crippen LogP contribution in [0, 0.1) is 0 Å². The van der Waals surface area contributed by atoms with Crippen LogP contribution in [0.25, 0.3) is 10.9 Å². The van der Waals surface area contributed by atoms with E-state index in [9.17, 15) is 14.7 Å². The molecule has 0 saturated heterocycles. The number of aliphatic hydroxyl groups is 1. The molecule has 0 fully saturated rings. The average molecular weight is 457 g/mol. The summed E-state index contributed by atoms with van der Waals surface area (Å²) in [5.74, 6) is -1.06. The number of amides is 1. The Morgan fingerprint density at radius 1 is 1.24 bits per heavy atom. The summed E-state index contributed by atoms with van der Waals surface area (Å²) in [6.45, 7) is 2.08. The Hall–Kier alpha value is -2.64. The Morgan fingerprint density at radius 2 is 2.03 bits per heavy atom. The van der Waals surface area contributed by atoms with Crippen molar-refractivity contribution < 1.29 is 19.4 Å². The fourth-order valence-electron chi connectivity index (χ4n) is 3.75. The van der Waals surface area contributed by atoms with Crippen molar-refractivity contribution in [3.05, 3.63) is 64.3 Å². The van der Waals surface area contributed by atoms with Crippen LogP contribution in [0.15, 0.2) is 53.1 Å². The van der Waals surface area contributed by atoms with Gasteiger partial charge in [-0.1, -0.05) is 47.5 Å². The molecule has 1 aliphatic rings. The van der Waals surface area contributed by atoms with E-state index in [-0.39, 0.29) is 6.54 Å². The number of esters is 1. The van der Waals surface area contributed by atoms with Crippen molar-refractivity contribution in [1.82, 2.24) is 4.98 Å². The van der Waals surface area contributed by atoms with E-state index in [2.05, 4.69) is 20.9 Å². The lowest BCUT2D eigenvalue weighted by Gasteiger charge is -2.23. The highest BCUT2D eigenvalue weighted by Crippen LogP contribution is 2.47. The van der Waals surface area contributed by atoms with Gasteiger partial charge in [0.1, 0.15) is 6.54 Å². The summed E-state index contributed by atoms with van der Waals surface area (Å²) in [6, 6.07) is 12.7. The molecule has 0 aliphatic carbocycles. The zero-order chi connectivity index (χ0) is 20.6. The minimum absolute atomic E-state index is 0.248. The number of ether oxygens (including phenoxy) is 1. The van der Waals surface area contributed by atoms with Gasteiger partial charge in [0.15, 0.2) is 5.60 Å². The van der Waals surface area contributed by atoms with Gasteiger partial charge < -0.3 is 14.8 Å². The van der Waals surface area contributed by atoms with E-state index in [1.807, 2.05) is 31.2 Å². The monoisotopic (exact) mass is 456 g/mol. The smallest absolute Gasteiger partial charge is 0.326 e. The molecule has 0 bridgehead atoms. The number of benzene rings is 2. The number of hydrogen-bond donors (Lipinski definition) is 2. The van der Waals surface area contributed by atoms with Crippen LogP contribution in [0.2, 0.25) is 0 Å². The maximum Gasteiger partial charge on any atom is 0.326 e. The maximum absolute atomic E-state index is 13.4. The summed E-state index contributed by atoms with van der Waals surface area (Å²) < 4.78 is 5.96. The molecule has 2 heterocycles. The van der Waals surface area contributed by atoms with Crippen molar-refractivity contribution in [2.75, 3.05) is 18.1 Å². The molecule has 1 unspecified atom stereocenters. The van der Waals surface area contributed by atoms with E-state index in [0.29, 0.717) is 23.4 Å². The average Bonchev–Trinajstić information content (AvgIpc) is 3.23. The van der Waals surface area contributed by atoms with Crippen molar-refractivity contribution in [3.63, 3.8) is 0 Å². The van der Waals surface area contributed by atoms with Crippen LogP contribution in [0.1, 0.15) is 30.9 Å². The summed E-state index contributed by atoms with van der Waals surface area (Å²) in [4.78, 5) is 30.2. The molecule has 7 heteroatoms. The number of unbranched alkanes of at least 4 members (excludes halogenated alkanes) is 1. The molecule has 2 N–H and O–H groups in total. The number of fused-ring (bicyclic) bond motifs is 2. The molecular weight excluding hydrogens is 436 g/mol. The Kier molecular flexibility index (Phi) is 5.19. The van der Waals surface area contributed by atoms with Gasteiger partial charge in [-0.05, 0) is 30.7 Å². The molecule has 0 spiro atoms. The normalized spacial score (nSPS) is 18.3. The Balaban J connectivity index is 1.77. The third-order valence-corrected chi connectivity index (χ3v) is 5.71. The van der Waals surface area contributed by atoms with E-state index in [4.69, 9.17) is 4.74 Å². The van der Waals surface area contributed by atoms with Gasteiger partial charge in [0.2, 0.25) is 0 Å². The highest BCUT2D eigenvalue weighted by molar-refractivity contribution is 9.10. The molecular formula is C22H21BrN2O4. The standard InChI is InChI=1S/C22H21BrN2O4/c1-2-3-10-29-20(26)13-25-19-9-8-14(23)11-16(19)22(28,21(25)27)17-12-24-18-7-5-4-6-15(17)18/h4-9,11-12,24,28H,2-3,10,13H2,1H3. The van der Waals surface area contributed by atoms with E-state index in [0.717, 1.165) is 28.2 Å². The van der Waals surface area contributed by atoms with E-state index in [1.54, 1.807) is 24.4 Å². The minimum atomic E-state index is -1.90. The Morgan fingerprint density at radius 3 is 2.83 bits per heavy atom. The van der Waals surface area contributed by atoms with Crippen LogP contribution >= 0.6 is 15.9 Å². The van der Waals surface area contributed by atoms with E-state index < -0.39 is 17.5 Å². The summed E-state index contributed by atoms with van der Waals surface area (Å²) in [7, 11) is 0. The number of rotatable bonds is 6. The number of para-hydroxylation sites is 1. The molecule has 0 saturated carbocycles. The third-order valence-electron chi connectivity index (χ3n) is 5.22. The molecule has 4 rings (SSSR count). The number of aromatic nitrogens is 1. The first-order valence-corrected chi connectivity index (χ1v) is 10.3. The van der Waals surface area contributed by atoms with Crippen LogP contribution in [0.3, 0.4) is 0 Å². The number of H-pyrrole nitrogens is 1. The second-order valence-corrected chi connectivity index (χ2v) is 8.00. The molecule has 150 valence electrons. The van der Waals surface area contributed by atoms with Crippen LogP contribution in [-0.2, 0) is 19.9 Å². The van der Waals surface area contributed by atoms with Gasteiger partial charge in [-0.15, -0.1) is 0 Å². The zero-order valence-corrected chi connectivity index (χ0v) is 17.5. The number of anilines is 1. The summed E-state index contributed by atoms with van der Waals surface area (Å²) in [5, 5.41) is 12.5. The fourth-order valence-corrected chi connectivity index (χ4v) is 4.11. The molecule has 1 atom stereocenters. The lowest BCUT2D eigenvalue weighted by molar-refractivity contribution is -0.144. The first-order chi connectivity index (χ1) is 14.0. The van der Waals surface area contributed by atoms with Gasteiger partial charge in [-0.3, -0.25) is 14.5 Å². The molecule has 2 aromatic carbocycles. The van der Waals surface area contributed by atoms with Crippen LogP contribution in [0.5, 0.6) is 0 Å². The largest absolute Gasteiger partial charge is 0.464 e. The van der Waals surface area contributed by atoms with Crippen molar-refractivity contribution in [1.29, 1.82) is 0 Å². The van der Waals surface area contributed by atoms with Crippen molar-refractivity contribution in [3.8, 4) is 0 Å². The SMILES string of the molecule is CCCCOC(=O)CN1C(=O)C(O)(c2c[nH]c3ccccc23)c2cc(Br)ccc21. The number of carbonyl (C=O) groups excluding carboxylic acids is 2. The van der Waals surface area contributed by atoms with Crippen molar-refractivity contribution in [2.24, 2.45) is 0 Å². The van der Waals surface area contributed by atoms with Crippen LogP contribution in [0.4, 0.5) is 5.69 Å². The van der Waals surface area contributed by atoms with Crippen molar-refractivity contribution in [2.45, 2.75) is 25.4 Å². The molecule has 1 aliphatic heterocycles. The highest BCUT2D eigenvalue weighted by atomic mass is 79.9. The number of aromatic amines is 1.